The SMILES string of the molecule is CCCCCCOC(=O)C[N+](C)(C)Cc1ccccc1.[Br-]. The molecule has 0 heterocycles. The summed E-state index contributed by atoms with van der Waals surface area (Å²) in [5, 5.41) is 0. The number of rotatable bonds is 9. The molecule has 0 aromatic heterocycles. The molecular formula is C17H28BrNO2. The van der Waals surface area contributed by atoms with E-state index in [1.165, 1.54) is 18.4 Å². The number of halogens is 1. The second-order valence-corrected chi connectivity index (χ2v) is 6.02. The Balaban J connectivity index is 0.00000400. The topological polar surface area (TPSA) is 26.3 Å². The summed E-state index contributed by atoms with van der Waals surface area (Å²) < 4.78 is 5.93. The predicted octanol–water partition coefficient (Wildman–Crippen LogP) is 0.391. The summed E-state index contributed by atoms with van der Waals surface area (Å²) in [6.45, 7) is 3.99. The summed E-state index contributed by atoms with van der Waals surface area (Å²) in [6.07, 6.45) is 4.54. The number of quaternary nitrogens is 1. The van der Waals surface area contributed by atoms with Crippen LogP contribution in [-0.4, -0.2) is 37.7 Å². The van der Waals surface area contributed by atoms with Gasteiger partial charge < -0.3 is 26.2 Å². The van der Waals surface area contributed by atoms with Gasteiger partial charge in [-0.1, -0.05) is 56.5 Å². The number of hydrogen-bond acceptors (Lipinski definition) is 2. The van der Waals surface area contributed by atoms with Crippen LogP contribution in [0.3, 0.4) is 0 Å². The van der Waals surface area contributed by atoms with Gasteiger partial charge in [-0.3, -0.25) is 0 Å². The number of esters is 1. The number of benzene rings is 1. The Morgan fingerprint density at radius 2 is 1.76 bits per heavy atom. The Bertz CT molecular complexity index is 393. The molecule has 0 aliphatic rings. The van der Waals surface area contributed by atoms with Gasteiger partial charge in [-0.05, 0) is 6.42 Å². The molecule has 0 fully saturated rings. The third-order valence-corrected chi connectivity index (χ3v) is 3.27. The molecule has 0 atom stereocenters. The predicted molar refractivity (Wildman–Crippen MR) is 82.2 cm³/mol. The van der Waals surface area contributed by atoms with Crippen LogP contribution in [0.2, 0.25) is 0 Å². The first-order valence-electron chi connectivity index (χ1n) is 7.55. The quantitative estimate of drug-likeness (QED) is 0.363. The summed E-state index contributed by atoms with van der Waals surface area (Å²) in [5.41, 5.74) is 1.24. The molecule has 0 amide bonds. The molecule has 4 heteroatoms. The van der Waals surface area contributed by atoms with Gasteiger partial charge in [-0.2, -0.15) is 0 Å². The van der Waals surface area contributed by atoms with Gasteiger partial charge in [0.1, 0.15) is 6.54 Å². The van der Waals surface area contributed by atoms with E-state index in [2.05, 4.69) is 33.2 Å². The van der Waals surface area contributed by atoms with Crippen LogP contribution in [0.5, 0.6) is 0 Å². The van der Waals surface area contributed by atoms with E-state index < -0.39 is 0 Å². The van der Waals surface area contributed by atoms with Crippen molar-refractivity contribution in [3.05, 3.63) is 35.9 Å². The first-order chi connectivity index (χ1) is 9.53. The first kappa shape index (κ1) is 20.1. The van der Waals surface area contributed by atoms with Gasteiger partial charge in [0.05, 0.1) is 20.7 Å². The van der Waals surface area contributed by atoms with Crippen molar-refractivity contribution in [2.45, 2.75) is 39.2 Å². The molecule has 21 heavy (non-hydrogen) atoms. The molecule has 0 spiro atoms. The zero-order valence-corrected chi connectivity index (χ0v) is 15.1. The van der Waals surface area contributed by atoms with Crippen LogP contribution in [0.1, 0.15) is 38.2 Å². The molecule has 0 aliphatic heterocycles. The molecule has 0 saturated carbocycles. The molecule has 3 nitrogen and oxygen atoms in total. The van der Waals surface area contributed by atoms with Crippen molar-refractivity contribution in [3.8, 4) is 0 Å². The first-order valence-corrected chi connectivity index (χ1v) is 7.55. The van der Waals surface area contributed by atoms with Crippen LogP contribution in [0.15, 0.2) is 30.3 Å². The molecule has 0 unspecified atom stereocenters. The van der Waals surface area contributed by atoms with Crippen LogP contribution >= 0.6 is 0 Å². The second kappa shape index (κ2) is 10.8. The number of likely N-dealkylation sites (N-methyl/N-ethyl adjacent to an activating group) is 1. The summed E-state index contributed by atoms with van der Waals surface area (Å²) in [7, 11) is 4.12. The highest BCUT2D eigenvalue weighted by molar-refractivity contribution is 5.70. The van der Waals surface area contributed by atoms with Gasteiger partial charge in [0, 0.05) is 5.56 Å². The van der Waals surface area contributed by atoms with Crippen molar-refractivity contribution in [1.82, 2.24) is 0 Å². The Morgan fingerprint density at radius 3 is 2.38 bits per heavy atom. The third-order valence-electron chi connectivity index (χ3n) is 3.27. The Morgan fingerprint density at radius 1 is 1.10 bits per heavy atom. The van der Waals surface area contributed by atoms with Crippen molar-refractivity contribution in [2.24, 2.45) is 0 Å². The number of hydrogen-bond donors (Lipinski definition) is 0. The highest BCUT2D eigenvalue weighted by atomic mass is 79.9. The lowest BCUT2D eigenvalue weighted by Gasteiger charge is -2.28. The maximum Gasteiger partial charge on any atom is 0.361 e. The number of carbonyl (C=O) groups excluding carboxylic acids is 1. The highest BCUT2D eigenvalue weighted by Crippen LogP contribution is 2.09. The van der Waals surface area contributed by atoms with Crippen LogP contribution in [0.25, 0.3) is 0 Å². The molecule has 0 N–H and O–H groups in total. The van der Waals surface area contributed by atoms with Gasteiger partial charge in [0.25, 0.3) is 0 Å². The monoisotopic (exact) mass is 357 g/mol. The van der Waals surface area contributed by atoms with E-state index >= 15 is 0 Å². The molecule has 120 valence electrons. The van der Waals surface area contributed by atoms with Crippen LogP contribution in [-0.2, 0) is 16.1 Å². The lowest BCUT2D eigenvalue weighted by atomic mass is 10.2. The van der Waals surface area contributed by atoms with Crippen molar-refractivity contribution in [1.29, 1.82) is 0 Å². The molecule has 0 aliphatic carbocycles. The number of nitrogens with zero attached hydrogens (tertiary/aromatic N) is 1. The van der Waals surface area contributed by atoms with Crippen molar-refractivity contribution < 1.29 is 31.0 Å². The lowest BCUT2D eigenvalue weighted by Crippen LogP contribution is -3.00. The number of ether oxygens (including phenoxy) is 1. The van der Waals surface area contributed by atoms with E-state index in [1.807, 2.05) is 18.2 Å². The second-order valence-electron chi connectivity index (χ2n) is 6.02. The minimum absolute atomic E-state index is 0. The van der Waals surface area contributed by atoms with Crippen molar-refractivity contribution in [3.63, 3.8) is 0 Å². The fourth-order valence-electron chi connectivity index (χ4n) is 2.24. The van der Waals surface area contributed by atoms with Gasteiger partial charge in [0.2, 0.25) is 0 Å². The summed E-state index contributed by atoms with van der Waals surface area (Å²) in [5.74, 6) is -0.0950. The van der Waals surface area contributed by atoms with Crippen LogP contribution in [0.4, 0.5) is 0 Å². The van der Waals surface area contributed by atoms with Crippen LogP contribution in [0, 0.1) is 0 Å². The summed E-state index contributed by atoms with van der Waals surface area (Å²) >= 11 is 0. The lowest BCUT2D eigenvalue weighted by molar-refractivity contribution is -0.896. The fourth-order valence-corrected chi connectivity index (χ4v) is 2.24. The molecule has 0 bridgehead atoms. The van der Waals surface area contributed by atoms with Gasteiger partial charge in [-0.25, -0.2) is 4.79 Å². The van der Waals surface area contributed by atoms with E-state index in [9.17, 15) is 4.79 Å². The zero-order valence-electron chi connectivity index (χ0n) is 13.5. The van der Waals surface area contributed by atoms with E-state index in [4.69, 9.17) is 4.74 Å². The standard InChI is InChI=1S/C17H28NO2.BrH/c1-4-5-6-10-13-20-17(19)15-18(2,3)14-16-11-8-7-9-12-16;/h7-9,11-12H,4-6,10,13-15H2,1-3H3;1H/q+1;/p-1. The van der Waals surface area contributed by atoms with E-state index in [-0.39, 0.29) is 23.0 Å². The third kappa shape index (κ3) is 9.64. The number of unbranched alkanes of at least 4 members (excludes halogenated alkanes) is 3. The average Bonchev–Trinajstić information content (AvgIpc) is 2.38. The molecule has 1 rings (SSSR count). The zero-order chi connectivity index (χ0) is 14.8. The van der Waals surface area contributed by atoms with Crippen LogP contribution < -0.4 is 17.0 Å². The average molecular weight is 358 g/mol. The smallest absolute Gasteiger partial charge is 0.361 e. The van der Waals surface area contributed by atoms with Crippen molar-refractivity contribution >= 4 is 5.97 Å². The fraction of sp³-hybridized carbons (Fsp3) is 0.588. The number of carbonyl (C=O) groups is 1. The van der Waals surface area contributed by atoms with Gasteiger partial charge >= 0.3 is 5.97 Å². The van der Waals surface area contributed by atoms with Gasteiger partial charge in [0.15, 0.2) is 6.54 Å². The molecular weight excluding hydrogens is 330 g/mol. The molecule has 1 aromatic rings. The van der Waals surface area contributed by atoms with Crippen molar-refractivity contribution in [2.75, 3.05) is 27.2 Å². The minimum atomic E-state index is -0.0950. The molecule has 0 radical (unpaired) electrons. The summed E-state index contributed by atoms with van der Waals surface area (Å²) in [4.78, 5) is 11.8. The normalized spacial score (nSPS) is 10.8. The maximum atomic E-state index is 11.8. The van der Waals surface area contributed by atoms with E-state index in [0.717, 1.165) is 19.4 Å². The Kier molecular flexibility index (Phi) is 10.4. The highest BCUT2D eigenvalue weighted by Gasteiger charge is 2.21. The molecule has 1 aromatic carbocycles. The minimum Gasteiger partial charge on any atom is -1.00 e. The van der Waals surface area contributed by atoms with E-state index in [1.54, 1.807) is 0 Å². The van der Waals surface area contributed by atoms with Gasteiger partial charge in [-0.15, -0.1) is 0 Å². The maximum absolute atomic E-state index is 11.8. The summed E-state index contributed by atoms with van der Waals surface area (Å²) in [6, 6.07) is 10.3. The molecule has 0 saturated heterocycles. The Hall–Kier alpha value is -0.870. The van der Waals surface area contributed by atoms with E-state index in [0.29, 0.717) is 17.6 Å². The Labute approximate surface area is 139 Å². The largest absolute Gasteiger partial charge is 1.00 e.